The average molecular weight is 746 g/mol. The minimum atomic E-state index is -0.571. The lowest BCUT2D eigenvalue weighted by Gasteiger charge is -2.66. The van der Waals surface area contributed by atoms with Crippen LogP contribution in [0.25, 0.3) is 56.1 Å². The zero-order chi connectivity index (χ0) is 37.8. The number of para-hydroxylation sites is 2. The minimum Gasteiger partial charge on any atom is -0.456 e. The van der Waals surface area contributed by atoms with Gasteiger partial charge in [0.2, 0.25) is 0 Å². The zero-order valence-corrected chi connectivity index (χ0v) is 32.0. The van der Waals surface area contributed by atoms with Gasteiger partial charge >= 0.3 is 0 Å². The first-order chi connectivity index (χ1) is 28.6. The van der Waals surface area contributed by atoms with Crippen LogP contribution in [0.1, 0.15) is 59.9 Å². The van der Waals surface area contributed by atoms with Crippen molar-refractivity contribution in [1.82, 2.24) is 15.0 Å². The summed E-state index contributed by atoms with van der Waals surface area (Å²) in [6.45, 7) is 0. The third-order valence-electron chi connectivity index (χ3n) is 15.9. The molecule has 2 spiro atoms. The SMILES string of the molecule is c1ccc2c(c1)Oc1c(-c3nc(-c4ccc(C56C[C@H]7CC8C[C@@H](C5)C87C6)cc4)nc(-c4ccc5ccccc5c4)n3)cccc1C21c2ccccc2-c2ccccc21. The molecule has 0 saturated heterocycles. The molecule has 1 aliphatic heterocycles. The van der Waals surface area contributed by atoms with Crippen molar-refractivity contribution in [2.24, 2.45) is 23.2 Å². The van der Waals surface area contributed by atoms with Crippen LogP contribution < -0.4 is 4.74 Å². The molecule has 8 aromatic rings. The molecule has 4 saturated carbocycles. The van der Waals surface area contributed by atoms with Crippen molar-refractivity contribution in [3.8, 4) is 56.8 Å². The number of fused-ring (bicyclic) bond motifs is 11. The molecule has 0 radical (unpaired) electrons. The number of rotatable bonds is 4. The monoisotopic (exact) mass is 745 g/mol. The Balaban J connectivity index is 0.964. The molecule has 0 N–H and O–H groups in total. The van der Waals surface area contributed by atoms with E-state index in [1.165, 1.54) is 65.3 Å². The highest BCUT2D eigenvalue weighted by Crippen LogP contribution is 2.84. The van der Waals surface area contributed by atoms with Gasteiger partial charge in [-0.15, -0.1) is 0 Å². The lowest BCUT2D eigenvalue weighted by Crippen LogP contribution is -2.59. The highest BCUT2D eigenvalue weighted by molar-refractivity contribution is 5.90. The molecule has 0 amide bonds. The van der Waals surface area contributed by atoms with Crippen molar-refractivity contribution in [2.75, 3.05) is 0 Å². The third kappa shape index (κ3) is 3.84. The number of hydrogen-bond donors (Lipinski definition) is 0. The molecular weight excluding hydrogens is 707 g/mol. The fourth-order valence-corrected chi connectivity index (χ4v) is 13.5. The van der Waals surface area contributed by atoms with Crippen molar-refractivity contribution >= 4 is 10.8 Å². The van der Waals surface area contributed by atoms with Crippen molar-refractivity contribution in [1.29, 1.82) is 0 Å². The van der Waals surface area contributed by atoms with Crippen LogP contribution >= 0.6 is 0 Å². The summed E-state index contributed by atoms with van der Waals surface area (Å²) < 4.78 is 7.06. The Bertz CT molecular complexity index is 3010. The van der Waals surface area contributed by atoms with Gasteiger partial charge in [0, 0.05) is 22.3 Å². The molecule has 2 bridgehead atoms. The summed E-state index contributed by atoms with van der Waals surface area (Å²) in [7, 11) is 0. The molecule has 7 aromatic carbocycles. The molecular formula is C54H39N3O. The van der Waals surface area contributed by atoms with Crippen LogP contribution in [-0.4, -0.2) is 15.0 Å². The number of nitrogens with zero attached hydrogens (tertiary/aromatic N) is 3. The van der Waals surface area contributed by atoms with E-state index in [1.807, 2.05) is 0 Å². The summed E-state index contributed by atoms with van der Waals surface area (Å²) in [6, 6.07) is 57.1. The standard InChI is InChI=1S/C54H39N3O/c1-2-11-34-26-35(21-20-32(34)10-1)50-55-49(33-22-24-36(25-23-33)52-29-38-27-37-28-39(30-52)53(37,38)31-52)56-51(57-50)42-14-9-18-46-48(42)58-47-19-8-7-17-45(47)54(46)43-15-5-3-12-40(43)41-13-4-6-16-44(41)54/h1-26,37-39H,27-31H2/t37?,38-,39+,52?,53?. The fourth-order valence-electron chi connectivity index (χ4n) is 13.5. The van der Waals surface area contributed by atoms with Crippen LogP contribution in [0.4, 0.5) is 0 Å². The van der Waals surface area contributed by atoms with E-state index in [0.29, 0.717) is 28.3 Å². The second-order valence-corrected chi connectivity index (χ2v) is 18.1. The van der Waals surface area contributed by atoms with Gasteiger partial charge in [-0.05, 0) is 117 Å². The summed E-state index contributed by atoms with van der Waals surface area (Å²) in [5.74, 6) is 6.48. The Morgan fingerprint density at radius 1 is 0.466 bits per heavy atom. The second-order valence-electron chi connectivity index (χ2n) is 18.1. The van der Waals surface area contributed by atoms with E-state index in [2.05, 4.69) is 158 Å². The predicted octanol–water partition coefficient (Wildman–Crippen LogP) is 12.6. The van der Waals surface area contributed by atoms with Gasteiger partial charge in [-0.25, -0.2) is 15.0 Å². The van der Waals surface area contributed by atoms with E-state index < -0.39 is 5.41 Å². The van der Waals surface area contributed by atoms with Crippen molar-refractivity contribution in [2.45, 2.75) is 42.9 Å². The Morgan fingerprint density at radius 3 is 1.78 bits per heavy atom. The molecule has 276 valence electrons. The van der Waals surface area contributed by atoms with Gasteiger partial charge < -0.3 is 4.74 Å². The maximum Gasteiger partial charge on any atom is 0.167 e. The highest BCUT2D eigenvalue weighted by atomic mass is 16.5. The topological polar surface area (TPSA) is 47.9 Å². The highest BCUT2D eigenvalue weighted by Gasteiger charge is 2.77. The van der Waals surface area contributed by atoms with Crippen LogP contribution in [-0.2, 0) is 10.8 Å². The Kier molecular flexibility index (Phi) is 5.98. The van der Waals surface area contributed by atoms with Gasteiger partial charge in [-0.2, -0.15) is 0 Å². The smallest absolute Gasteiger partial charge is 0.167 e. The number of aromatic nitrogens is 3. The third-order valence-corrected chi connectivity index (χ3v) is 15.9. The van der Waals surface area contributed by atoms with E-state index in [0.717, 1.165) is 62.5 Å². The molecule has 5 atom stereocenters. The molecule has 3 unspecified atom stereocenters. The lowest BCUT2D eigenvalue weighted by atomic mass is 9.38. The van der Waals surface area contributed by atoms with Gasteiger partial charge in [0.25, 0.3) is 0 Å². The molecule has 1 aromatic heterocycles. The van der Waals surface area contributed by atoms with E-state index in [9.17, 15) is 0 Å². The van der Waals surface area contributed by atoms with Gasteiger partial charge in [0.05, 0.1) is 11.0 Å². The van der Waals surface area contributed by atoms with E-state index in [1.54, 1.807) is 0 Å². The number of ether oxygens (including phenoxy) is 1. The van der Waals surface area contributed by atoms with Crippen LogP contribution in [0.2, 0.25) is 0 Å². The second kappa shape index (κ2) is 11.0. The molecule has 5 aliphatic carbocycles. The van der Waals surface area contributed by atoms with E-state index in [-0.39, 0.29) is 0 Å². The van der Waals surface area contributed by atoms with Crippen LogP contribution in [0.5, 0.6) is 11.5 Å². The molecule has 4 fully saturated rings. The van der Waals surface area contributed by atoms with Crippen molar-refractivity contribution < 1.29 is 4.74 Å². The minimum absolute atomic E-state index is 0.351. The first-order valence-electron chi connectivity index (χ1n) is 21.1. The van der Waals surface area contributed by atoms with E-state index in [4.69, 9.17) is 19.7 Å². The maximum atomic E-state index is 7.06. The Hall–Kier alpha value is -6.39. The average Bonchev–Trinajstić information content (AvgIpc) is 3.88. The van der Waals surface area contributed by atoms with Crippen LogP contribution in [0.15, 0.2) is 158 Å². The summed E-state index contributed by atoms with van der Waals surface area (Å²) in [5, 5.41) is 2.34. The first-order valence-corrected chi connectivity index (χ1v) is 21.1. The molecule has 2 heterocycles. The lowest BCUT2D eigenvalue weighted by molar-refractivity contribution is -0.175. The molecule has 4 heteroatoms. The first kappa shape index (κ1) is 31.7. The van der Waals surface area contributed by atoms with Crippen LogP contribution in [0, 0.1) is 23.2 Å². The maximum absolute atomic E-state index is 7.06. The number of benzene rings is 7. The van der Waals surface area contributed by atoms with E-state index >= 15 is 0 Å². The summed E-state index contributed by atoms with van der Waals surface area (Å²) in [4.78, 5) is 15.9. The Labute approximate surface area is 337 Å². The normalized spacial score (nSPS) is 25.5. The Morgan fingerprint density at radius 2 is 1.05 bits per heavy atom. The quantitative estimate of drug-likeness (QED) is 0.180. The van der Waals surface area contributed by atoms with Gasteiger partial charge in [0.1, 0.15) is 11.5 Å². The van der Waals surface area contributed by atoms with Gasteiger partial charge in [0.15, 0.2) is 17.5 Å². The fraction of sp³-hybridized carbons (Fsp3) is 0.204. The van der Waals surface area contributed by atoms with Gasteiger partial charge in [-0.3, -0.25) is 0 Å². The summed E-state index contributed by atoms with van der Waals surface area (Å²) in [6.07, 6.45) is 7.10. The van der Waals surface area contributed by atoms with Crippen molar-refractivity contribution in [3.63, 3.8) is 0 Å². The largest absolute Gasteiger partial charge is 0.456 e. The number of hydrogen-bond acceptors (Lipinski definition) is 4. The van der Waals surface area contributed by atoms with Crippen molar-refractivity contribution in [3.05, 3.63) is 186 Å². The molecule has 6 aliphatic rings. The van der Waals surface area contributed by atoms with Crippen LogP contribution in [0.3, 0.4) is 0 Å². The predicted molar refractivity (Wildman–Crippen MR) is 229 cm³/mol. The molecule has 4 nitrogen and oxygen atoms in total. The molecule has 58 heavy (non-hydrogen) atoms. The summed E-state index contributed by atoms with van der Waals surface area (Å²) >= 11 is 0. The zero-order valence-electron chi connectivity index (χ0n) is 32.0. The molecule has 14 rings (SSSR count). The van der Waals surface area contributed by atoms with Gasteiger partial charge in [-0.1, -0.05) is 140 Å². The summed E-state index contributed by atoms with van der Waals surface area (Å²) in [5.41, 5.74) is 12.1.